The number of primary amides is 1. The Bertz CT molecular complexity index is 904. The number of nitrogens with zero attached hydrogens (tertiary/aromatic N) is 2. The molecule has 7 heteroatoms. The fourth-order valence-corrected chi connectivity index (χ4v) is 6.14. The molecule has 0 radical (unpaired) electrons. The Morgan fingerprint density at radius 1 is 1.32 bits per heavy atom. The Balaban J connectivity index is 1.52. The summed E-state index contributed by atoms with van der Waals surface area (Å²) in [5, 5.41) is 12.2. The highest BCUT2D eigenvalue weighted by Crippen LogP contribution is 2.60. The zero-order chi connectivity index (χ0) is 22.2. The van der Waals surface area contributed by atoms with Crippen LogP contribution in [-0.2, 0) is 16.1 Å². The van der Waals surface area contributed by atoms with Gasteiger partial charge in [-0.2, -0.15) is 5.26 Å². The summed E-state index contributed by atoms with van der Waals surface area (Å²) in [7, 11) is 1.64. The largest absolute Gasteiger partial charge is 0.497 e. The number of ether oxygens (including phenoxy) is 2. The minimum absolute atomic E-state index is 0.0968. The van der Waals surface area contributed by atoms with Crippen LogP contribution >= 0.6 is 0 Å². The smallest absolute Gasteiger partial charge is 0.223 e. The molecule has 0 aromatic heterocycles. The van der Waals surface area contributed by atoms with Crippen LogP contribution < -0.4 is 15.8 Å². The van der Waals surface area contributed by atoms with E-state index in [4.69, 9.17) is 20.2 Å². The van der Waals surface area contributed by atoms with E-state index < -0.39 is 5.60 Å². The lowest BCUT2D eigenvalue weighted by molar-refractivity contribution is -0.144. The molecule has 4 aliphatic carbocycles. The van der Waals surface area contributed by atoms with Gasteiger partial charge in [0.15, 0.2) is 6.19 Å². The lowest BCUT2D eigenvalue weighted by Crippen LogP contribution is -2.58. The third kappa shape index (κ3) is 4.14. The van der Waals surface area contributed by atoms with E-state index in [1.165, 1.54) is 0 Å². The van der Waals surface area contributed by atoms with Crippen molar-refractivity contribution < 1.29 is 14.3 Å². The summed E-state index contributed by atoms with van der Waals surface area (Å²) in [6.07, 6.45) is 6.77. The Kier molecular flexibility index (Phi) is 5.69. The standard InChI is InChI=1S/C24H32N4O3/c1-23(2,31-13-15-5-4-6-19(9-15)30-3)22(27-14-25)28-20-17-7-16-8-18(20)12-24(10-16,11-17)21(26)29/h4-6,9,16-18,20H,7-8,10-13H2,1-3H3,(H2,26,29)(H,27,28). The van der Waals surface area contributed by atoms with Gasteiger partial charge in [0.25, 0.3) is 0 Å². The van der Waals surface area contributed by atoms with E-state index in [0.29, 0.717) is 30.2 Å². The molecule has 4 saturated carbocycles. The summed E-state index contributed by atoms with van der Waals surface area (Å²) in [5.74, 6) is 2.42. The van der Waals surface area contributed by atoms with E-state index in [0.717, 1.165) is 43.4 Å². The SMILES string of the molecule is COc1cccc(COC(C)(C)C(=NC2C3CC4CC2CC(C(N)=O)(C4)C3)NC#N)c1. The van der Waals surface area contributed by atoms with Crippen molar-refractivity contribution in [1.29, 1.82) is 5.26 Å². The van der Waals surface area contributed by atoms with E-state index in [1.807, 2.05) is 44.3 Å². The van der Waals surface area contributed by atoms with E-state index in [-0.39, 0.29) is 17.4 Å². The van der Waals surface area contributed by atoms with Crippen molar-refractivity contribution in [3.05, 3.63) is 29.8 Å². The van der Waals surface area contributed by atoms with Crippen molar-refractivity contribution >= 4 is 11.7 Å². The Morgan fingerprint density at radius 2 is 2.03 bits per heavy atom. The molecule has 4 fully saturated rings. The van der Waals surface area contributed by atoms with Crippen molar-refractivity contribution in [2.24, 2.45) is 33.9 Å². The van der Waals surface area contributed by atoms with Crippen LogP contribution in [0.4, 0.5) is 0 Å². The van der Waals surface area contributed by atoms with Gasteiger partial charge >= 0.3 is 0 Å². The molecule has 5 rings (SSSR count). The zero-order valence-electron chi connectivity index (χ0n) is 18.6. The molecule has 1 aromatic rings. The second kappa shape index (κ2) is 8.16. The van der Waals surface area contributed by atoms with Crippen LogP contribution in [0.5, 0.6) is 5.75 Å². The molecule has 4 aliphatic rings. The van der Waals surface area contributed by atoms with Crippen molar-refractivity contribution in [3.8, 4) is 11.9 Å². The van der Waals surface area contributed by atoms with Gasteiger partial charge in [-0.15, -0.1) is 0 Å². The molecule has 1 aromatic carbocycles. The third-order valence-corrected chi connectivity index (χ3v) is 7.50. The molecule has 2 unspecified atom stereocenters. The first kappa shape index (κ1) is 21.6. The molecule has 2 atom stereocenters. The Hall–Kier alpha value is -2.59. The summed E-state index contributed by atoms with van der Waals surface area (Å²) >= 11 is 0. The van der Waals surface area contributed by atoms with Crippen LogP contribution in [0.1, 0.15) is 51.5 Å². The van der Waals surface area contributed by atoms with Gasteiger partial charge in [-0.3, -0.25) is 15.1 Å². The minimum atomic E-state index is -0.769. The average Bonchev–Trinajstić information content (AvgIpc) is 2.73. The fraction of sp³-hybridized carbons (Fsp3) is 0.625. The van der Waals surface area contributed by atoms with Crippen LogP contribution in [0.15, 0.2) is 29.3 Å². The van der Waals surface area contributed by atoms with Gasteiger partial charge in [-0.1, -0.05) is 12.1 Å². The summed E-state index contributed by atoms with van der Waals surface area (Å²) in [5.41, 5.74) is 5.69. The van der Waals surface area contributed by atoms with E-state index in [9.17, 15) is 10.1 Å². The van der Waals surface area contributed by atoms with Crippen LogP contribution in [0.3, 0.4) is 0 Å². The van der Waals surface area contributed by atoms with Crippen molar-refractivity contribution in [2.45, 2.75) is 64.2 Å². The number of carbonyl (C=O) groups excluding carboxylic acids is 1. The molecular formula is C24H32N4O3. The predicted octanol–water partition coefficient (Wildman–Crippen LogP) is 3.14. The number of methoxy groups -OCH3 is 1. The van der Waals surface area contributed by atoms with Crippen molar-refractivity contribution in [2.75, 3.05) is 7.11 Å². The van der Waals surface area contributed by atoms with Crippen molar-refractivity contribution in [1.82, 2.24) is 5.32 Å². The number of hydrogen-bond acceptors (Lipinski definition) is 5. The summed E-state index contributed by atoms with van der Waals surface area (Å²) in [4.78, 5) is 17.3. The summed E-state index contributed by atoms with van der Waals surface area (Å²) in [6.45, 7) is 4.23. The van der Waals surface area contributed by atoms with Gasteiger partial charge in [0, 0.05) is 5.41 Å². The molecular weight excluding hydrogens is 392 g/mol. The van der Waals surface area contributed by atoms with Crippen LogP contribution in [0.25, 0.3) is 0 Å². The third-order valence-electron chi connectivity index (χ3n) is 7.50. The Morgan fingerprint density at radius 3 is 2.65 bits per heavy atom. The van der Waals surface area contributed by atoms with Gasteiger partial charge in [0.05, 0.1) is 19.8 Å². The van der Waals surface area contributed by atoms with Crippen molar-refractivity contribution in [3.63, 3.8) is 0 Å². The normalized spacial score (nSPS) is 31.9. The molecule has 166 valence electrons. The van der Waals surface area contributed by atoms with Gasteiger partial charge in [-0.25, -0.2) is 0 Å². The second-order valence-electron chi connectivity index (χ2n) is 9.97. The highest BCUT2D eigenvalue weighted by atomic mass is 16.5. The maximum atomic E-state index is 12.2. The quantitative estimate of drug-likeness (QED) is 0.302. The lowest BCUT2D eigenvalue weighted by atomic mass is 9.48. The molecule has 31 heavy (non-hydrogen) atoms. The molecule has 3 N–H and O–H groups in total. The molecule has 0 heterocycles. The predicted molar refractivity (Wildman–Crippen MR) is 117 cm³/mol. The lowest BCUT2D eigenvalue weighted by Gasteiger charge is -2.57. The highest BCUT2D eigenvalue weighted by molar-refractivity contribution is 5.91. The molecule has 0 saturated heterocycles. The van der Waals surface area contributed by atoms with Gasteiger partial charge < -0.3 is 15.2 Å². The zero-order valence-corrected chi connectivity index (χ0v) is 18.6. The molecule has 4 bridgehead atoms. The number of benzene rings is 1. The first-order chi connectivity index (χ1) is 14.8. The van der Waals surface area contributed by atoms with Gasteiger partial charge in [-0.05, 0) is 81.4 Å². The molecule has 0 spiro atoms. The van der Waals surface area contributed by atoms with E-state index >= 15 is 0 Å². The number of nitrogens with one attached hydrogen (secondary N) is 1. The van der Waals surface area contributed by atoms with E-state index in [2.05, 4.69) is 5.32 Å². The monoisotopic (exact) mass is 424 g/mol. The maximum absolute atomic E-state index is 12.2. The second-order valence-corrected chi connectivity index (χ2v) is 9.97. The number of hydrogen-bond donors (Lipinski definition) is 2. The minimum Gasteiger partial charge on any atom is -0.497 e. The number of rotatable bonds is 7. The fourth-order valence-electron chi connectivity index (χ4n) is 6.14. The first-order valence-corrected chi connectivity index (χ1v) is 11.1. The maximum Gasteiger partial charge on any atom is 0.223 e. The van der Waals surface area contributed by atoms with Gasteiger partial charge in [0.1, 0.15) is 17.2 Å². The number of carbonyl (C=O) groups is 1. The highest BCUT2D eigenvalue weighted by Gasteiger charge is 2.58. The summed E-state index contributed by atoms with van der Waals surface area (Å²) in [6, 6.07) is 7.83. The number of aliphatic imine (C=N–C) groups is 1. The van der Waals surface area contributed by atoms with Crippen LogP contribution in [-0.4, -0.2) is 30.5 Å². The number of amides is 1. The number of nitrogens with two attached hydrogens (primary N) is 1. The average molecular weight is 425 g/mol. The number of nitriles is 1. The topological polar surface area (TPSA) is 110 Å². The first-order valence-electron chi connectivity index (χ1n) is 11.1. The molecule has 0 aliphatic heterocycles. The Labute approximate surface area is 184 Å². The number of amidine groups is 1. The molecule has 1 amide bonds. The molecule has 7 nitrogen and oxygen atoms in total. The summed E-state index contributed by atoms with van der Waals surface area (Å²) < 4.78 is 11.5. The van der Waals surface area contributed by atoms with Gasteiger partial charge in [0.2, 0.25) is 5.91 Å². The van der Waals surface area contributed by atoms with Crippen LogP contribution in [0, 0.1) is 34.6 Å². The van der Waals surface area contributed by atoms with E-state index in [1.54, 1.807) is 7.11 Å². The van der Waals surface area contributed by atoms with Crippen LogP contribution in [0.2, 0.25) is 0 Å².